The third-order valence-electron chi connectivity index (χ3n) is 15.7. The minimum absolute atomic E-state index is 0.0509. The number of carbonyl (C=O) groups is 2. The molecular formula is C72H94N6O10. The third-order valence-corrected chi connectivity index (χ3v) is 15.7. The number of nitro benzene ring substituents is 2. The number of non-ortho nitro benzene ring substituents is 2. The Labute approximate surface area is 521 Å². The molecule has 4 N–H and O–H groups in total. The number of hydrogen-bond acceptors (Lipinski definition) is 10. The number of amides is 4. The molecule has 1 aliphatic rings. The van der Waals surface area contributed by atoms with Crippen molar-refractivity contribution < 1.29 is 38.4 Å². The second-order valence-electron chi connectivity index (χ2n) is 27.4. The minimum atomic E-state index is -0.473. The van der Waals surface area contributed by atoms with Crippen LogP contribution in [0.25, 0.3) is 0 Å². The zero-order valence-corrected chi connectivity index (χ0v) is 54.5. The van der Waals surface area contributed by atoms with Gasteiger partial charge in [-0.1, -0.05) is 145 Å². The first-order valence-corrected chi connectivity index (χ1v) is 31.3. The van der Waals surface area contributed by atoms with Gasteiger partial charge in [0.1, 0.15) is 23.0 Å². The average Bonchev–Trinajstić information content (AvgIpc) is 0.849. The lowest BCUT2D eigenvalue weighted by atomic mass is 9.79. The van der Waals surface area contributed by atoms with E-state index in [0.717, 1.165) is 80.3 Å². The summed E-state index contributed by atoms with van der Waals surface area (Å²) in [7, 11) is 0. The molecule has 7 rings (SSSR count). The molecule has 0 aromatic heterocycles. The minimum Gasteiger partial charge on any atom is -0.493 e. The molecule has 6 aromatic carbocycles. The Balaban J connectivity index is 1.34. The zero-order valence-electron chi connectivity index (χ0n) is 54.5. The molecule has 4 amide bonds. The Hall–Kier alpha value is -8.14. The number of fused-ring (bicyclic) bond motifs is 8. The van der Waals surface area contributed by atoms with Gasteiger partial charge in [0.25, 0.3) is 11.4 Å². The number of anilines is 2. The summed E-state index contributed by atoms with van der Waals surface area (Å²) in [5, 5.41) is 33.8. The maximum absolute atomic E-state index is 12.9. The molecule has 472 valence electrons. The maximum Gasteiger partial charge on any atom is 0.319 e. The van der Waals surface area contributed by atoms with E-state index in [-0.39, 0.29) is 33.0 Å². The van der Waals surface area contributed by atoms with Gasteiger partial charge in [0.05, 0.1) is 36.3 Å². The number of nitrogens with zero attached hydrogens (tertiary/aromatic N) is 2. The Morgan fingerprint density at radius 2 is 0.636 bits per heavy atom. The van der Waals surface area contributed by atoms with Gasteiger partial charge in [0, 0.05) is 74.4 Å². The molecule has 0 heterocycles. The SMILES string of the molecule is CCCOc1c2cc(C(C)(C)C)cc1Cc1cc(C(C)(C)C)cc(c1OCCCCNC(=O)Nc1ccc([N+](=O)[O-])cc1)Cc1cc(C(C)(C)C)cc(c1OCCC)Cc1cc(C(C)(C)C)cc(c1OCCCCNC(=O)Nc1ccc([N+](=O)[O-])cc1)C2. The number of nitrogens with one attached hydrogen (secondary N) is 4. The van der Waals surface area contributed by atoms with Gasteiger partial charge in [-0.2, -0.15) is 0 Å². The van der Waals surface area contributed by atoms with Crippen LogP contribution in [-0.4, -0.2) is 61.4 Å². The molecule has 1 aliphatic carbocycles. The molecule has 16 heteroatoms. The Kier molecular flexibility index (Phi) is 22.4. The average molecular weight is 1200 g/mol. The van der Waals surface area contributed by atoms with Crippen molar-refractivity contribution in [3.05, 3.63) is 184 Å². The predicted octanol–water partition coefficient (Wildman–Crippen LogP) is 16.9. The summed E-state index contributed by atoms with van der Waals surface area (Å²) in [4.78, 5) is 47.3. The number of hydrogen-bond donors (Lipinski definition) is 4. The fraction of sp³-hybridized carbons (Fsp3) is 0.472. The first kappa shape index (κ1) is 67.4. The second kappa shape index (κ2) is 29.2. The third kappa shape index (κ3) is 18.5. The van der Waals surface area contributed by atoms with Crippen LogP contribution >= 0.6 is 0 Å². The van der Waals surface area contributed by atoms with Gasteiger partial charge >= 0.3 is 12.1 Å². The van der Waals surface area contributed by atoms with Crippen LogP contribution in [-0.2, 0) is 47.3 Å². The summed E-state index contributed by atoms with van der Waals surface area (Å²) in [6.07, 6.45) is 6.31. The smallest absolute Gasteiger partial charge is 0.319 e. The zero-order chi connectivity index (χ0) is 64.1. The van der Waals surface area contributed by atoms with E-state index >= 15 is 0 Å². The molecule has 6 aromatic rings. The van der Waals surface area contributed by atoms with Crippen molar-refractivity contribution >= 4 is 34.8 Å². The number of nitro groups is 2. The molecule has 8 bridgehead atoms. The number of rotatable bonds is 22. The number of ether oxygens (including phenoxy) is 4. The molecule has 0 spiro atoms. The van der Waals surface area contributed by atoms with E-state index in [1.807, 2.05) is 0 Å². The van der Waals surface area contributed by atoms with E-state index in [2.05, 4.69) is 167 Å². The van der Waals surface area contributed by atoms with Crippen molar-refractivity contribution in [3.8, 4) is 23.0 Å². The quantitative estimate of drug-likeness (QED) is 0.0287. The Morgan fingerprint density at radius 1 is 0.398 bits per heavy atom. The Morgan fingerprint density at radius 3 is 0.852 bits per heavy atom. The van der Waals surface area contributed by atoms with Gasteiger partial charge in [-0.25, -0.2) is 9.59 Å². The lowest BCUT2D eigenvalue weighted by Gasteiger charge is -2.29. The summed E-state index contributed by atoms with van der Waals surface area (Å²) in [5.74, 6) is 3.37. The van der Waals surface area contributed by atoms with E-state index in [1.54, 1.807) is 0 Å². The van der Waals surface area contributed by atoms with Gasteiger partial charge in [-0.3, -0.25) is 20.2 Å². The van der Waals surface area contributed by atoms with Crippen molar-refractivity contribution in [3.63, 3.8) is 0 Å². The highest BCUT2D eigenvalue weighted by molar-refractivity contribution is 5.90. The summed E-state index contributed by atoms with van der Waals surface area (Å²) >= 11 is 0. The summed E-state index contributed by atoms with van der Waals surface area (Å²) in [6.45, 7) is 34.0. The lowest BCUT2D eigenvalue weighted by Crippen LogP contribution is -2.29. The highest BCUT2D eigenvalue weighted by atomic mass is 16.6. The van der Waals surface area contributed by atoms with Gasteiger partial charge in [-0.15, -0.1) is 0 Å². The molecule has 0 radical (unpaired) electrons. The number of urea groups is 2. The van der Waals surface area contributed by atoms with Crippen molar-refractivity contribution in [2.24, 2.45) is 0 Å². The van der Waals surface area contributed by atoms with Gasteiger partial charge in [0.2, 0.25) is 0 Å². The van der Waals surface area contributed by atoms with Crippen LogP contribution in [0.2, 0.25) is 0 Å². The van der Waals surface area contributed by atoms with Crippen LogP contribution < -0.4 is 40.2 Å². The normalized spacial score (nSPS) is 12.6. The Bertz CT molecular complexity index is 3100. The molecule has 0 aliphatic heterocycles. The molecule has 0 saturated heterocycles. The number of benzene rings is 6. The van der Waals surface area contributed by atoms with Gasteiger partial charge < -0.3 is 40.2 Å². The van der Waals surface area contributed by atoms with E-state index in [1.165, 1.54) is 70.8 Å². The first-order valence-electron chi connectivity index (χ1n) is 31.3. The first-order chi connectivity index (χ1) is 41.5. The molecular weight excluding hydrogens is 1110 g/mol. The van der Waals surface area contributed by atoms with E-state index in [9.17, 15) is 29.8 Å². The lowest BCUT2D eigenvalue weighted by molar-refractivity contribution is -0.385. The standard InChI is InChI=1S/C72H94N6O10/c1-15-31-85-63-47-35-51-43-57(71(9,10)11)45-53(65(51)87-33-19-17-29-73-67(79)75-59-21-25-61(26-22-59)77(81)82)37-49-41-56(70(6,7)8)42-50(64(49)86-32-16-2)38-54-46-58(72(12,13)14)44-52(36-48(63)40-55(39-47)69(3,4)5)66(54)88-34-20-18-30-74-68(80)76-60-23-27-62(28-24-60)78(83)84/h21-28,39-46H,15-20,29-38H2,1-14H3,(H2,73,75,79)(H2,74,76,80). The van der Waals surface area contributed by atoms with Crippen LogP contribution in [0.1, 0.15) is 202 Å². The van der Waals surface area contributed by atoms with E-state index in [4.69, 9.17) is 18.9 Å². The fourth-order valence-corrected chi connectivity index (χ4v) is 10.7. The highest BCUT2D eigenvalue weighted by Crippen LogP contribution is 2.45. The topological polar surface area (TPSA) is 205 Å². The van der Waals surface area contributed by atoms with Crippen molar-refractivity contribution in [2.45, 2.75) is 183 Å². The van der Waals surface area contributed by atoms with Crippen LogP contribution in [0.15, 0.2) is 97.1 Å². The summed E-state index contributed by atoms with van der Waals surface area (Å²) < 4.78 is 28.4. The number of carbonyl (C=O) groups excluding carboxylic acids is 2. The molecule has 16 nitrogen and oxygen atoms in total. The second-order valence-corrected chi connectivity index (χ2v) is 27.4. The van der Waals surface area contributed by atoms with Crippen LogP contribution in [0.5, 0.6) is 23.0 Å². The summed E-state index contributed by atoms with van der Waals surface area (Å²) in [5.41, 5.74) is 13.1. The fourth-order valence-electron chi connectivity index (χ4n) is 10.7. The molecule has 0 fully saturated rings. The molecule has 0 atom stereocenters. The van der Waals surface area contributed by atoms with Gasteiger partial charge in [-0.05, 0) is 151 Å². The monoisotopic (exact) mass is 1200 g/mol. The largest absolute Gasteiger partial charge is 0.493 e. The molecule has 88 heavy (non-hydrogen) atoms. The highest BCUT2D eigenvalue weighted by Gasteiger charge is 2.30. The predicted molar refractivity (Wildman–Crippen MR) is 353 cm³/mol. The van der Waals surface area contributed by atoms with Gasteiger partial charge in [0.15, 0.2) is 0 Å². The molecule has 0 unspecified atom stereocenters. The van der Waals surface area contributed by atoms with Crippen molar-refractivity contribution in [1.82, 2.24) is 10.6 Å². The van der Waals surface area contributed by atoms with E-state index in [0.29, 0.717) is 102 Å². The maximum atomic E-state index is 12.9. The van der Waals surface area contributed by atoms with Crippen LogP contribution in [0.3, 0.4) is 0 Å². The number of unbranched alkanes of at least 4 members (excludes halogenated alkanes) is 2. The van der Waals surface area contributed by atoms with Crippen LogP contribution in [0, 0.1) is 20.2 Å². The van der Waals surface area contributed by atoms with Crippen molar-refractivity contribution in [1.29, 1.82) is 0 Å². The van der Waals surface area contributed by atoms with Crippen molar-refractivity contribution in [2.75, 3.05) is 50.2 Å². The summed E-state index contributed by atoms with van der Waals surface area (Å²) in [6, 6.07) is 29.4. The van der Waals surface area contributed by atoms with Crippen LogP contribution in [0.4, 0.5) is 32.3 Å². The molecule has 0 saturated carbocycles. The van der Waals surface area contributed by atoms with E-state index < -0.39 is 21.9 Å².